The number of carbonyl (C=O) groups excluding carboxylic acids is 2. The highest BCUT2D eigenvalue weighted by atomic mass is 35.5. The van der Waals surface area contributed by atoms with E-state index in [-0.39, 0.29) is 33.9 Å². The van der Waals surface area contributed by atoms with Crippen LogP contribution in [0.25, 0.3) is 0 Å². The lowest BCUT2D eigenvalue weighted by Gasteiger charge is -2.20. The van der Waals surface area contributed by atoms with Gasteiger partial charge in [0.2, 0.25) is 0 Å². The molecule has 1 amide bonds. The van der Waals surface area contributed by atoms with Gasteiger partial charge in [0.05, 0.1) is 12.7 Å². The predicted octanol–water partition coefficient (Wildman–Crippen LogP) is 3.82. The summed E-state index contributed by atoms with van der Waals surface area (Å²) in [5.41, 5.74) is 0.341. The van der Waals surface area contributed by atoms with Gasteiger partial charge in [-0.15, -0.1) is 0 Å². The van der Waals surface area contributed by atoms with Crippen LogP contribution in [-0.4, -0.2) is 34.1 Å². The summed E-state index contributed by atoms with van der Waals surface area (Å²) in [6.45, 7) is 0. The first-order chi connectivity index (χ1) is 14.3. The van der Waals surface area contributed by atoms with Crippen LogP contribution in [0.5, 0.6) is 23.0 Å². The fourth-order valence-electron chi connectivity index (χ4n) is 2.92. The molecule has 8 heteroatoms. The van der Waals surface area contributed by atoms with E-state index in [0.29, 0.717) is 5.02 Å². The van der Waals surface area contributed by atoms with Crippen LogP contribution in [0.4, 0.5) is 0 Å². The van der Waals surface area contributed by atoms with E-state index in [0.717, 1.165) is 6.07 Å². The number of hydrogen-bond acceptors (Lipinski definition) is 6. The lowest BCUT2D eigenvalue weighted by Crippen LogP contribution is -2.34. The van der Waals surface area contributed by atoms with Gasteiger partial charge in [0, 0.05) is 22.7 Å². The molecule has 0 saturated heterocycles. The summed E-state index contributed by atoms with van der Waals surface area (Å²) in [5, 5.41) is 32.6. The van der Waals surface area contributed by atoms with Crippen LogP contribution >= 0.6 is 11.6 Å². The number of carbonyl (C=O) groups is 2. The number of nitrogens with one attached hydrogen (secondary N) is 1. The van der Waals surface area contributed by atoms with E-state index >= 15 is 0 Å². The lowest BCUT2D eigenvalue weighted by atomic mass is 9.95. The Labute approximate surface area is 177 Å². The quantitative estimate of drug-likeness (QED) is 0.444. The van der Waals surface area contributed by atoms with Gasteiger partial charge in [-0.1, -0.05) is 17.7 Å². The number of ether oxygens (including phenoxy) is 1. The van der Waals surface area contributed by atoms with Crippen molar-refractivity contribution in [1.82, 2.24) is 5.32 Å². The molecule has 3 aromatic rings. The average Bonchev–Trinajstić information content (AvgIpc) is 2.70. The molecular weight excluding hydrogens is 410 g/mol. The summed E-state index contributed by atoms with van der Waals surface area (Å²) in [7, 11) is 1.39. The molecule has 1 atom stereocenters. The van der Waals surface area contributed by atoms with Gasteiger partial charge in [-0.25, -0.2) is 0 Å². The number of Topliss-reactive ketones (excluding diaryl/α,β-unsaturated/α-hetero) is 1. The smallest absolute Gasteiger partial charge is 0.252 e. The predicted molar refractivity (Wildman–Crippen MR) is 110 cm³/mol. The van der Waals surface area contributed by atoms with E-state index in [1.165, 1.54) is 49.6 Å². The Bertz CT molecular complexity index is 1110. The maximum Gasteiger partial charge on any atom is 0.252 e. The molecule has 0 fully saturated rings. The van der Waals surface area contributed by atoms with Gasteiger partial charge in [0.15, 0.2) is 5.78 Å². The number of ketones is 1. The molecule has 3 rings (SSSR count). The number of rotatable bonds is 6. The summed E-state index contributed by atoms with van der Waals surface area (Å²) >= 11 is 5.94. The van der Waals surface area contributed by atoms with E-state index < -0.39 is 23.5 Å². The van der Waals surface area contributed by atoms with Crippen molar-refractivity contribution in [3.63, 3.8) is 0 Å². The molecular formula is C22H18ClNO6. The molecule has 0 aliphatic heterocycles. The molecule has 30 heavy (non-hydrogen) atoms. The fourth-order valence-corrected chi connectivity index (χ4v) is 3.11. The monoisotopic (exact) mass is 427 g/mol. The summed E-state index contributed by atoms with van der Waals surface area (Å²) in [5.74, 6) is -1.81. The topological polar surface area (TPSA) is 116 Å². The summed E-state index contributed by atoms with van der Waals surface area (Å²) in [6.07, 6.45) is 0. The summed E-state index contributed by atoms with van der Waals surface area (Å²) in [6, 6.07) is 12.5. The zero-order chi connectivity index (χ0) is 21.8. The van der Waals surface area contributed by atoms with Crippen LogP contribution in [0, 0.1) is 0 Å². The Balaban J connectivity index is 2.05. The van der Waals surface area contributed by atoms with E-state index in [4.69, 9.17) is 16.3 Å². The van der Waals surface area contributed by atoms with E-state index in [9.17, 15) is 24.9 Å². The van der Waals surface area contributed by atoms with Gasteiger partial charge < -0.3 is 25.4 Å². The third-order valence-electron chi connectivity index (χ3n) is 4.35. The van der Waals surface area contributed by atoms with Gasteiger partial charge in [0.1, 0.15) is 29.0 Å². The minimum Gasteiger partial charge on any atom is -0.508 e. The highest BCUT2D eigenvalue weighted by Gasteiger charge is 2.27. The molecule has 0 radical (unpaired) electrons. The van der Waals surface area contributed by atoms with Crippen molar-refractivity contribution in [3.05, 3.63) is 82.4 Å². The maximum atomic E-state index is 13.2. The number of amides is 1. The number of aromatic hydroxyl groups is 3. The normalized spacial score (nSPS) is 11.5. The second kappa shape index (κ2) is 8.75. The highest BCUT2D eigenvalue weighted by molar-refractivity contribution is 6.31. The van der Waals surface area contributed by atoms with Crippen molar-refractivity contribution in [3.8, 4) is 23.0 Å². The lowest BCUT2D eigenvalue weighted by molar-refractivity contribution is 0.0855. The largest absolute Gasteiger partial charge is 0.508 e. The summed E-state index contributed by atoms with van der Waals surface area (Å²) < 4.78 is 5.13. The first-order valence-electron chi connectivity index (χ1n) is 8.79. The van der Waals surface area contributed by atoms with Gasteiger partial charge >= 0.3 is 0 Å². The fraction of sp³-hybridized carbons (Fsp3) is 0.0909. The van der Waals surface area contributed by atoms with Crippen LogP contribution in [0.1, 0.15) is 32.3 Å². The van der Waals surface area contributed by atoms with Gasteiger partial charge in [-0.05, 0) is 48.0 Å². The van der Waals surface area contributed by atoms with E-state index in [1.807, 2.05) is 0 Å². The van der Waals surface area contributed by atoms with Gasteiger partial charge in [0.25, 0.3) is 5.91 Å². The number of phenolic OH excluding ortho intramolecular Hbond substituents is 3. The Morgan fingerprint density at radius 2 is 1.73 bits per heavy atom. The molecule has 0 aliphatic rings. The number of methoxy groups -OCH3 is 1. The SMILES string of the molecule is COc1cc(O)cc([C@@H](NC(=O)c2cccc(Cl)c2)C(=O)c2ccc(O)cc2O)c1. The van der Waals surface area contributed by atoms with E-state index in [1.54, 1.807) is 12.1 Å². The van der Waals surface area contributed by atoms with Gasteiger partial charge in [-0.3, -0.25) is 9.59 Å². The minimum atomic E-state index is -1.27. The van der Waals surface area contributed by atoms with Crippen LogP contribution < -0.4 is 10.1 Å². The Kier molecular flexibility index (Phi) is 6.13. The minimum absolute atomic E-state index is 0.119. The molecule has 4 N–H and O–H groups in total. The van der Waals surface area contributed by atoms with Crippen LogP contribution in [0.2, 0.25) is 5.02 Å². The molecule has 0 aliphatic carbocycles. The number of benzene rings is 3. The second-order valence-electron chi connectivity index (χ2n) is 6.45. The Morgan fingerprint density at radius 1 is 0.967 bits per heavy atom. The van der Waals surface area contributed by atoms with Crippen LogP contribution in [-0.2, 0) is 0 Å². The molecule has 0 saturated carbocycles. The molecule has 0 unspecified atom stereocenters. The summed E-state index contributed by atoms with van der Waals surface area (Å²) in [4.78, 5) is 26.0. The molecule has 0 heterocycles. The first-order valence-corrected chi connectivity index (χ1v) is 9.17. The van der Waals surface area contributed by atoms with Gasteiger partial charge in [-0.2, -0.15) is 0 Å². The van der Waals surface area contributed by atoms with Crippen molar-refractivity contribution in [1.29, 1.82) is 0 Å². The van der Waals surface area contributed by atoms with Crippen LogP contribution in [0.3, 0.4) is 0 Å². The Hall–Kier alpha value is -3.71. The molecule has 7 nitrogen and oxygen atoms in total. The second-order valence-corrected chi connectivity index (χ2v) is 6.88. The average molecular weight is 428 g/mol. The maximum absolute atomic E-state index is 13.2. The van der Waals surface area contributed by atoms with Crippen LogP contribution in [0.15, 0.2) is 60.7 Å². The molecule has 3 aromatic carbocycles. The first kappa shape index (κ1) is 21.0. The number of phenols is 3. The third kappa shape index (κ3) is 4.64. The van der Waals surface area contributed by atoms with Crippen molar-refractivity contribution in [2.45, 2.75) is 6.04 Å². The Morgan fingerprint density at radius 3 is 2.40 bits per heavy atom. The van der Waals surface area contributed by atoms with Crippen molar-refractivity contribution < 1.29 is 29.6 Å². The zero-order valence-electron chi connectivity index (χ0n) is 15.8. The molecule has 0 bridgehead atoms. The third-order valence-corrected chi connectivity index (χ3v) is 4.59. The zero-order valence-corrected chi connectivity index (χ0v) is 16.6. The standard InChI is InChI=1S/C22H18ClNO6/c1-30-17-9-13(8-16(26)10-17)20(21(28)18-6-5-15(25)11-19(18)27)24-22(29)12-3-2-4-14(23)7-12/h2-11,20,25-27H,1H3,(H,24,29)/t20-/m1/s1. The van der Waals surface area contributed by atoms with Crippen molar-refractivity contribution >= 4 is 23.3 Å². The molecule has 154 valence electrons. The van der Waals surface area contributed by atoms with E-state index in [2.05, 4.69) is 5.32 Å². The van der Waals surface area contributed by atoms with Crippen molar-refractivity contribution in [2.24, 2.45) is 0 Å². The highest BCUT2D eigenvalue weighted by Crippen LogP contribution is 2.31. The molecule has 0 aromatic heterocycles. The number of halogens is 1. The number of hydrogen-bond donors (Lipinski definition) is 4. The molecule has 0 spiro atoms. The van der Waals surface area contributed by atoms with Crippen molar-refractivity contribution in [2.75, 3.05) is 7.11 Å².